The van der Waals surface area contributed by atoms with Gasteiger partial charge in [0.05, 0.1) is 5.69 Å². The van der Waals surface area contributed by atoms with Crippen molar-refractivity contribution in [2.45, 2.75) is 25.8 Å². The third kappa shape index (κ3) is 4.74. The summed E-state index contributed by atoms with van der Waals surface area (Å²) in [6, 6.07) is 26.6. The van der Waals surface area contributed by atoms with Crippen LogP contribution in [0.2, 0.25) is 0 Å². The maximum Gasteiger partial charge on any atom is 0.488 e. The van der Waals surface area contributed by atoms with Crippen LogP contribution < -0.4 is 10.4 Å². The maximum atomic E-state index is 9.89. The quantitative estimate of drug-likeness (QED) is 0.222. The number of hydrogen-bond donors (Lipinski definition) is 3. The zero-order chi connectivity index (χ0) is 21.6. The molecule has 0 saturated carbocycles. The van der Waals surface area contributed by atoms with Gasteiger partial charge in [0.15, 0.2) is 0 Å². The van der Waals surface area contributed by atoms with Crippen molar-refractivity contribution in [1.29, 1.82) is 0 Å². The Hall–Kier alpha value is -2.86. The fraction of sp³-hybridized carbons (Fsp3) is 0.231. The van der Waals surface area contributed by atoms with E-state index in [1.807, 2.05) is 18.2 Å². The lowest BCUT2D eigenvalue weighted by Gasteiger charge is -2.29. The molecule has 31 heavy (non-hydrogen) atoms. The van der Waals surface area contributed by atoms with Crippen LogP contribution in [-0.2, 0) is 6.54 Å². The molecule has 0 atom stereocenters. The van der Waals surface area contributed by atoms with Gasteiger partial charge in [0.25, 0.3) is 0 Å². The summed E-state index contributed by atoms with van der Waals surface area (Å²) < 4.78 is 0. The van der Waals surface area contributed by atoms with E-state index in [9.17, 15) is 15.2 Å². The second-order valence-electron chi connectivity index (χ2n) is 7.95. The van der Waals surface area contributed by atoms with Crippen molar-refractivity contribution in [3.8, 4) is 0 Å². The van der Waals surface area contributed by atoms with E-state index in [0.717, 1.165) is 31.4 Å². The molecule has 4 nitrogen and oxygen atoms in total. The Morgan fingerprint density at radius 1 is 0.710 bits per heavy atom. The van der Waals surface area contributed by atoms with Gasteiger partial charge >= 0.3 is 7.12 Å². The number of unbranched alkanes of at least 4 members (excludes halogenated alkanes) is 2. The highest BCUT2D eigenvalue weighted by atomic mass is 16.4. The van der Waals surface area contributed by atoms with Crippen molar-refractivity contribution in [3.05, 3.63) is 84.4 Å². The van der Waals surface area contributed by atoms with Crippen LogP contribution in [0.1, 0.15) is 24.8 Å². The van der Waals surface area contributed by atoms with Crippen molar-refractivity contribution in [1.82, 2.24) is 0 Å². The van der Waals surface area contributed by atoms with E-state index in [0.29, 0.717) is 12.0 Å². The number of rotatable bonds is 9. The highest BCUT2D eigenvalue weighted by Crippen LogP contribution is 2.36. The minimum absolute atomic E-state index is 0.205. The molecule has 4 aromatic carbocycles. The Morgan fingerprint density at radius 3 is 1.97 bits per heavy atom. The molecule has 4 rings (SSSR count). The van der Waals surface area contributed by atoms with Crippen LogP contribution in [0.15, 0.2) is 78.9 Å². The summed E-state index contributed by atoms with van der Waals surface area (Å²) in [4.78, 5) is 2.35. The first-order valence-corrected chi connectivity index (χ1v) is 10.9. The molecule has 0 bridgehead atoms. The summed E-state index contributed by atoms with van der Waals surface area (Å²) in [6.07, 6.45) is 2.68. The van der Waals surface area contributed by atoms with E-state index >= 15 is 0 Å². The van der Waals surface area contributed by atoms with Crippen molar-refractivity contribution in [2.75, 3.05) is 18.1 Å². The lowest BCUT2D eigenvalue weighted by molar-refractivity contribution is 0.283. The van der Waals surface area contributed by atoms with Gasteiger partial charge in [-0.05, 0) is 47.1 Å². The molecule has 0 amide bonds. The van der Waals surface area contributed by atoms with Gasteiger partial charge in [0.2, 0.25) is 0 Å². The average molecular weight is 413 g/mol. The summed E-state index contributed by atoms with van der Waals surface area (Å²) in [6.45, 7) is 1.59. The van der Waals surface area contributed by atoms with Crippen molar-refractivity contribution in [3.63, 3.8) is 0 Å². The lowest BCUT2D eigenvalue weighted by atomic mass is 9.77. The van der Waals surface area contributed by atoms with Crippen LogP contribution in [0.3, 0.4) is 0 Å². The van der Waals surface area contributed by atoms with Crippen LogP contribution in [0, 0.1) is 0 Å². The SMILES string of the molecule is OCCCCCN(Cc1ccccc1B(O)O)c1c2ccccc2cc2ccccc12. The van der Waals surface area contributed by atoms with Crippen molar-refractivity contribution < 1.29 is 15.2 Å². The van der Waals surface area contributed by atoms with E-state index in [4.69, 9.17) is 0 Å². The van der Waals surface area contributed by atoms with E-state index in [1.165, 1.54) is 27.2 Å². The summed E-state index contributed by atoms with van der Waals surface area (Å²) in [5.74, 6) is 0. The van der Waals surface area contributed by atoms with Crippen LogP contribution in [0.5, 0.6) is 0 Å². The fourth-order valence-electron chi connectivity index (χ4n) is 4.33. The van der Waals surface area contributed by atoms with Crippen LogP contribution in [0.4, 0.5) is 5.69 Å². The van der Waals surface area contributed by atoms with Gasteiger partial charge < -0.3 is 20.1 Å². The molecule has 0 fully saturated rings. The highest BCUT2D eigenvalue weighted by molar-refractivity contribution is 6.59. The number of aliphatic hydroxyl groups is 1. The normalized spacial score (nSPS) is 11.2. The van der Waals surface area contributed by atoms with Gasteiger partial charge in [0.1, 0.15) is 0 Å². The van der Waals surface area contributed by atoms with E-state index < -0.39 is 7.12 Å². The van der Waals surface area contributed by atoms with E-state index in [1.54, 1.807) is 6.07 Å². The molecule has 0 aromatic heterocycles. The Labute approximate surface area is 183 Å². The summed E-state index contributed by atoms with van der Waals surface area (Å²) >= 11 is 0. The smallest absolute Gasteiger partial charge is 0.423 e. The number of anilines is 1. The molecular weight excluding hydrogens is 385 g/mol. The highest BCUT2D eigenvalue weighted by Gasteiger charge is 2.20. The van der Waals surface area contributed by atoms with Gasteiger partial charge in [0, 0.05) is 30.5 Å². The predicted octanol–water partition coefficient (Wildman–Crippen LogP) is 3.84. The zero-order valence-electron chi connectivity index (χ0n) is 17.6. The standard InChI is InChI=1S/C26H28BNO3/c29-17-9-1-8-16-28(19-22-12-4-7-15-25(22)27(30)31)26-23-13-5-2-10-20(23)18-21-11-3-6-14-24(21)26/h2-7,10-15,18,29-31H,1,8-9,16-17,19H2. The molecule has 0 saturated heterocycles. The minimum Gasteiger partial charge on any atom is -0.423 e. The number of hydrogen-bond acceptors (Lipinski definition) is 4. The second kappa shape index (κ2) is 9.97. The van der Waals surface area contributed by atoms with Crippen molar-refractivity contribution >= 4 is 39.8 Å². The van der Waals surface area contributed by atoms with Crippen LogP contribution in [-0.4, -0.2) is 35.4 Å². The molecule has 158 valence electrons. The van der Waals surface area contributed by atoms with Gasteiger partial charge in [-0.25, -0.2) is 0 Å². The number of nitrogens with zero attached hydrogens (tertiary/aromatic N) is 1. The molecule has 0 aliphatic rings. The van der Waals surface area contributed by atoms with E-state index in [2.05, 4.69) is 59.5 Å². The molecule has 0 radical (unpaired) electrons. The number of benzene rings is 4. The Kier molecular flexibility index (Phi) is 6.87. The lowest BCUT2D eigenvalue weighted by Crippen LogP contribution is -2.36. The first-order chi connectivity index (χ1) is 15.2. The average Bonchev–Trinajstić information content (AvgIpc) is 2.79. The fourth-order valence-corrected chi connectivity index (χ4v) is 4.33. The molecular formula is C26H28BNO3. The molecule has 3 N–H and O–H groups in total. The van der Waals surface area contributed by atoms with Gasteiger partial charge in [-0.2, -0.15) is 0 Å². The monoisotopic (exact) mass is 413 g/mol. The van der Waals surface area contributed by atoms with Crippen LogP contribution >= 0.6 is 0 Å². The summed E-state index contributed by atoms with van der Waals surface area (Å²) in [5, 5.41) is 33.7. The number of fused-ring (bicyclic) bond motifs is 2. The van der Waals surface area contributed by atoms with Crippen molar-refractivity contribution in [2.24, 2.45) is 0 Å². The van der Waals surface area contributed by atoms with Gasteiger partial charge in [-0.1, -0.05) is 72.8 Å². The zero-order valence-corrected chi connectivity index (χ0v) is 17.6. The van der Waals surface area contributed by atoms with Crippen LogP contribution in [0.25, 0.3) is 21.5 Å². The first-order valence-electron chi connectivity index (χ1n) is 10.9. The molecule has 0 unspecified atom stereocenters. The minimum atomic E-state index is -1.50. The van der Waals surface area contributed by atoms with Gasteiger partial charge in [-0.15, -0.1) is 0 Å². The maximum absolute atomic E-state index is 9.89. The molecule has 5 heteroatoms. The summed E-state index contributed by atoms with van der Waals surface area (Å²) in [7, 11) is -1.50. The topological polar surface area (TPSA) is 63.9 Å². The second-order valence-corrected chi connectivity index (χ2v) is 7.95. The first kappa shape index (κ1) is 21.4. The Balaban J connectivity index is 1.84. The molecule has 4 aromatic rings. The largest absolute Gasteiger partial charge is 0.488 e. The van der Waals surface area contributed by atoms with E-state index in [-0.39, 0.29) is 6.61 Å². The molecule has 0 aliphatic carbocycles. The molecule has 0 spiro atoms. The summed E-state index contributed by atoms with van der Waals surface area (Å²) in [5.41, 5.74) is 2.60. The van der Waals surface area contributed by atoms with Gasteiger partial charge in [-0.3, -0.25) is 0 Å². The molecule has 0 aliphatic heterocycles. The predicted molar refractivity (Wildman–Crippen MR) is 130 cm³/mol. The third-order valence-corrected chi connectivity index (χ3v) is 5.84. The Bertz CT molecular complexity index is 1110. The Morgan fingerprint density at radius 2 is 1.32 bits per heavy atom. The molecule has 0 heterocycles. The third-order valence-electron chi connectivity index (χ3n) is 5.84. The number of aliphatic hydroxyl groups excluding tert-OH is 1.